The number of carbonyl (C=O) groups is 1. The van der Waals surface area contributed by atoms with Crippen LogP contribution in [0.1, 0.15) is 39.7 Å². The third kappa shape index (κ3) is 9.43. The molecule has 0 aromatic heterocycles. The molecule has 0 saturated heterocycles. The van der Waals surface area contributed by atoms with E-state index in [-0.39, 0.29) is 29.9 Å². The van der Waals surface area contributed by atoms with Gasteiger partial charge in [0.2, 0.25) is 5.91 Å². The summed E-state index contributed by atoms with van der Waals surface area (Å²) < 4.78 is 0. The predicted molar refractivity (Wildman–Crippen MR) is 108 cm³/mol. The summed E-state index contributed by atoms with van der Waals surface area (Å²) in [6.07, 6.45) is 0.535. The molecule has 0 spiro atoms. The number of anilines is 1. The second kappa shape index (κ2) is 12.2. The molecule has 6 heteroatoms. The van der Waals surface area contributed by atoms with Gasteiger partial charge in [0.05, 0.1) is 6.54 Å². The van der Waals surface area contributed by atoms with Crippen molar-refractivity contribution in [2.75, 3.05) is 18.4 Å². The van der Waals surface area contributed by atoms with E-state index in [4.69, 9.17) is 0 Å². The van der Waals surface area contributed by atoms with Crippen LogP contribution in [0.3, 0.4) is 0 Å². The molecule has 1 rings (SSSR count). The van der Waals surface area contributed by atoms with Crippen LogP contribution in [0.5, 0.6) is 0 Å². The largest absolute Gasteiger partial charge is 0.357 e. The second-order valence-electron chi connectivity index (χ2n) is 5.57. The number of nitrogens with one attached hydrogen (secondary N) is 3. The van der Waals surface area contributed by atoms with E-state index in [0.717, 1.165) is 30.3 Å². The zero-order valence-electron chi connectivity index (χ0n) is 14.5. The molecule has 0 radical (unpaired) electrons. The lowest BCUT2D eigenvalue weighted by molar-refractivity contribution is -0.116. The zero-order chi connectivity index (χ0) is 16.4. The Balaban J connectivity index is 0.00000484. The number of rotatable bonds is 7. The van der Waals surface area contributed by atoms with Crippen molar-refractivity contribution in [3.8, 4) is 0 Å². The number of halogens is 1. The lowest BCUT2D eigenvalue weighted by Gasteiger charge is -2.10. The minimum atomic E-state index is 0. The maximum absolute atomic E-state index is 11.8. The van der Waals surface area contributed by atoms with Gasteiger partial charge in [-0.3, -0.25) is 4.79 Å². The number of benzene rings is 1. The Morgan fingerprint density at radius 2 is 1.83 bits per heavy atom. The van der Waals surface area contributed by atoms with Gasteiger partial charge in [-0.25, -0.2) is 4.99 Å². The molecule has 0 saturated carbocycles. The van der Waals surface area contributed by atoms with Crippen molar-refractivity contribution in [3.63, 3.8) is 0 Å². The maximum Gasteiger partial charge on any atom is 0.224 e. The first-order valence-electron chi connectivity index (χ1n) is 7.96. The molecule has 1 aromatic rings. The van der Waals surface area contributed by atoms with Crippen LogP contribution in [0.2, 0.25) is 0 Å². The summed E-state index contributed by atoms with van der Waals surface area (Å²) in [7, 11) is 0. The van der Waals surface area contributed by atoms with E-state index in [1.54, 1.807) is 0 Å². The van der Waals surface area contributed by atoms with Crippen molar-refractivity contribution < 1.29 is 4.79 Å². The van der Waals surface area contributed by atoms with E-state index < -0.39 is 0 Å². The number of guanidine groups is 1. The Bertz CT molecular complexity index is 495. The van der Waals surface area contributed by atoms with Gasteiger partial charge in [0, 0.05) is 25.2 Å². The van der Waals surface area contributed by atoms with Gasteiger partial charge in [0.25, 0.3) is 0 Å². The van der Waals surface area contributed by atoms with Crippen molar-refractivity contribution in [1.29, 1.82) is 0 Å². The molecular weight excluding hydrogens is 403 g/mol. The molecule has 0 aliphatic heterocycles. The van der Waals surface area contributed by atoms with E-state index >= 15 is 0 Å². The lowest BCUT2D eigenvalue weighted by Crippen LogP contribution is -2.36. The number of carbonyl (C=O) groups excluding carboxylic acids is 1. The summed E-state index contributed by atoms with van der Waals surface area (Å²) >= 11 is 0. The maximum atomic E-state index is 11.8. The summed E-state index contributed by atoms with van der Waals surface area (Å²) in [5.41, 5.74) is 1.89. The Labute approximate surface area is 156 Å². The lowest BCUT2D eigenvalue weighted by atomic mass is 10.1. The van der Waals surface area contributed by atoms with Crippen molar-refractivity contribution >= 4 is 41.5 Å². The summed E-state index contributed by atoms with van der Waals surface area (Å²) in [4.78, 5) is 16.3. The van der Waals surface area contributed by atoms with Gasteiger partial charge in [-0.15, -0.1) is 24.0 Å². The van der Waals surface area contributed by atoms with Crippen molar-refractivity contribution in [2.45, 2.75) is 40.7 Å². The van der Waals surface area contributed by atoms with E-state index in [1.807, 2.05) is 52.0 Å². The van der Waals surface area contributed by atoms with Crippen LogP contribution in [0.15, 0.2) is 29.3 Å². The van der Waals surface area contributed by atoms with E-state index in [2.05, 4.69) is 20.9 Å². The van der Waals surface area contributed by atoms with E-state index in [1.165, 1.54) is 0 Å². The van der Waals surface area contributed by atoms with Gasteiger partial charge in [-0.05, 0) is 37.5 Å². The average molecular weight is 432 g/mol. The van der Waals surface area contributed by atoms with Crippen LogP contribution in [-0.4, -0.2) is 25.0 Å². The number of nitrogens with zero attached hydrogens (tertiary/aromatic N) is 1. The SMILES string of the molecule is CCNC(=NCc1cccc(NC(=O)CC(C)C)c1)NCC.I. The zero-order valence-corrected chi connectivity index (χ0v) is 16.8. The minimum absolute atomic E-state index is 0. The fourth-order valence-corrected chi connectivity index (χ4v) is 2.01. The van der Waals surface area contributed by atoms with E-state index in [9.17, 15) is 4.79 Å². The third-order valence-electron chi connectivity index (χ3n) is 2.91. The van der Waals surface area contributed by atoms with E-state index in [0.29, 0.717) is 18.9 Å². The fraction of sp³-hybridized carbons (Fsp3) is 0.529. The molecule has 0 fully saturated rings. The fourth-order valence-electron chi connectivity index (χ4n) is 2.01. The molecule has 0 atom stereocenters. The molecule has 23 heavy (non-hydrogen) atoms. The monoisotopic (exact) mass is 432 g/mol. The summed E-state index contributed by atoms with van der Waals surface area (Å²) in [6, 6.07) is 7.82. The molecule has 0 bridgehead atoms. The molecule has 130 valence electrons. The minimum Gasteiger partial charge on any atom is -0.357 e. The molecule has 1 aromatic carbocycles. The van der Waals surface area contributed by atoms with Crippen LogP contribution in [-0.2, 0) is 11.3 Å². The van der Waals surface area contributed by atoms with Gasteiger partial charge in [-0.2, -0.15) is 0 Å². The van der Waals surface area contributed by atoms with Gasteiger partial charge in [0.1, 0.15) is 0 Å². The molecule has 0 heterocycles. The van der Waals surface area contributed by atoms with Crippen LogP contribution in [0, 0.1) is 5.92 Å². The first kappa shape index (κ1) is 21.7. The molecule has 1 amide bonds. The van der Waals surface area contributed by atoms with Gasteiger partial charge in [-0.1, -0.05) is 26.0 Å². The topological polar surface area (TPSA) is 65.5 Å². The number of hydrogen-bond acceptors (Lipinski definition) is 2. The normalized spacial score (nSPS) is 9.78. The Kier molecular flexibility index (Phi) is 11.5. The Morgan fingerprint density at radius 1 is 1.17 bits per heavy atom. The molecular formula is C17H29IN4O. The standard InChI is InChI=1S/C17H28N4O.HI/c1-5-18-17(19-6-2)20-12-14-8-7-9-15(11-14)21-16(22)10-13(3)4;/h7-9,11,13H,5-6,10,12H2,1-4H3,(H,21,22)(H2,18,19,20);1H. The number of hydrogen-bond donors (Lipinski definition) is 3. The molecule has 3 N–H and O–H groups in total. The summed E-state index contributed by atoms with van der Waals surface area (Å²) in [6.45, 7) is 10.4. The van der Waals surface area contributed by atoms with Crippen molar-refractivity contribution in [1.82, 2.24) is 10.6 Å². The quantitative estimate of drug-likeness (QED) is 0.352. The molecule has 0 unspecified atom stereocenters. The van der Waals surface area contributed by atoms with Crippen molar-refractivity contribution in [2.24, 2.45) is 10.9 Å². The molecule has 5 nitrogen and oxygen atoms in total. The first-order chi connectivity index (χ1) is 10.5. The van der Waals surface area contributed by atoms with Crippen LogP contribution in [0.25, 0.3) is 0 Å². The van der Waals surface area contributed by atoms with Crippen LogP contribution >= 0.6 is 24.0 Å². The molecule has 0 aliphatic rings. The highest BCUT2D eigenvalue weighted by Crippen LogP contribution is 2.13. The molecule has 0 aliphatic carbocycles. The van der Waals surface area contributed by atoms with Crippen LogP contribution < -0.4 is 16.0 Å². The highest BCUT2D eigenvalue weighted by atomic mass is 127. The Morgan fingerprint density at radius 3 is 2.39 bits per heavy atom. The van der Waals surface area contributed by atoms with Gasteiger partial charge < -0.3 is 16.0 Å². The smallest absolute Gasteiger partial charge is 0.224 e. The second-order valence-corrected chi connectivity index (χ2v) is 5.57. The highest BCUT2D eigenvalue weighted by Gasteiger charge is 2.05. The Hall–Kier alpha value is -1.31. The van der Waals surface area contributed by atoms with Crippen LogP contribution in [0.4, 0.5) is 5.69 Å². The van der Waals surface area contributed by atoms with Gasteiger partial charge in [0.15, 0.2) is 5.96 Å². The number of amides is 1. The third-order valence-corrected chi connectivity index (χ3v) is 2.91. The summed E-state index contributed by atoms with van der Waals surface area (Å²) in [5.74, 6) is 1.21. The number of aliphatic imine (C=N–C) groups is 1. The first-order valence-corrected chi connectivity index (χ1v) is 7.96. The summed E-state index contributed by atoms with van der Waals surface area (Å²) in [5, 5.41) is 9.32. The average Bonchev–Trinajstić information content (AvgIpc) is 2.44. The van der Waals surface area contributed by atoms with Gasteiger partial charge >= 0.3 is 0 Å². The highest BCUT2D eigenvalue weighted by molar-refractivity contribution is 14.0. The predicted octanol–water partition coefficient (Wildman–Crippen LogP) is 3.36. The van der Waals surface area contributed by atoms with Crippen molar-refractivity contribution in [3.05, 3.63) is 29.8 Å².